The van der Waals surface area contributed by atoms with Gasteiger partial charge in [-0.05, 0) is 31.4 Å². The van der Waals surface area contributed by atoms with Crippen molar-refractivity contribution in [1.82, 2.24) is 15.5 Å². The minimum absolute atomic E-state index is 0.0208. The van der Waals surface area contributed by atoms with Crippen molar-refractivity contribution in [2.75, 3.05) is 18.4 Å². The number of hydrogen-bond acceptors (Lipinski definition) is 8. The molecule has 1 atom stereocenters. The number of carbonyl (C=O) groups excluding carboxylic acids is 5. The maximum Gasteiger partial charge on any atom is 0.490 e. The van der Waals surface area contributed by atoms with Crippen LogP contribution in [0.1, 0.15) is 46.4 Å². The van der Waals surface area contributed by atoms with E-state index in [1.807, 2.05) is 0 Å². The SMILES string of the molecule is O=C(CNc1cccc2c1C(=O)N(C1CCC(=O)NC1=O)C2=O)NCC1(C(=O)O)CC1.O=C(O)C(F)(F)F. The Morgan fingerprint density at radius 3 is 2.24 bits per heavy atom. The van der Waals surface area contributed by atoms with Gasteiger partial charge in [-0.25, -0.2) is 4.79 Å². The lowest BCUT2D eigenvalue weighted by molar-refractivity contribution is -0.192. The van der Waals surface area contributed by atoms with E-state index in [9.17, 15) is 41.9 Å². The Kier molecular flexibility index (Phi) is 7.74. The highest BCUT2D eigenvalue weighted by Gasteiger charge is 2.50. The number of alkyl halides is 3. The smallest absolute Gasteiger partial charge is 0.481 e. The number of benzene rings is 1. The second kappa shape index (κ2) is 10.5. The van der Waals surface area contributed by atoms with E-state index in [0.717, 1.165) is 4.90 Å². The molecular weight excluding hydrogens is 521 g/mol. The van der Waals surface area contributed by atoms with Gasteiger partial charge in [0.25, 0.3) is 11.8 Å². The largest absolute Gasteiger partial charge is 0.490 e. The van der Waals surface area contributed by atoms with Crippen LogP contribution in [0, 0.1) is 5.41 Å². The third-order valence-electron chi connectivity index (χ3n) is 6.08. The molecule has 1 saturated heterocycles. The molecule has 16 heteroatoms. The summed E-state index contributed by atoms with van der Waals surface area (Å²) in [6.07, 6.45) is -4.00. The Morgan fingerprint density at radius 1 is 1.08 bits per heavy atom. The van der Waals surface area contributed by atoms with Crippen molar-refractivity contribution >= 4 is 47.2 Å². The van der Waals surface area contributed by atoms with E-state index in [1.54, 1.807) is 6.07 Å². The summed E-state index contributed by atoms with van der Waals surface area (Å²) in [6.45, 7) is -0.206. The minimum atomic E-state index is -5.08. The standard InChI is InChI=1S/C20H20N4O7.C2HF3O2/c25-13-5-4-12(16(27)23-13)24-17(28)10-2-1-3-11(15(10)18(24)29)21-8-14(26)22-9-20(6-7-20)19(30)31;3-2(4,5)1(6)7/h1-3,12,21H,4-9H2,(H,22,26)(H,30,31)(H,23,25,27);(H,6,7). The highest BCUT2D eigenvalue weighted by Crippen LogP contribution is 2.45. The number of rotatable bonds is 7. The maximum absolute atomic E-state index is 13.0. The van der Waals surface area contributed by atoms with Gasteiger partial charge in [-0.1, -0.05) is 6.07 Å². The molecule has 1 unspecified atom stereocenters. The summed E-state index contributed by atoms with van der Waals surface area (Å²) in [5.74, 6) is -6.63. The molecule has 1 aliphatic carbocycles. The highest BCUT2D eigenvalue weighted by molar-refractivity contribution is 6.25. The molecule has 5 amide bonds. The number of piperidine rings is 1. The quantitative estimate of drug-likeness (QED) is 0.295. The first-order valence-corrected chi connectivity index (χ1v) is 11.1. The number of carboxylic acid groups (broad SMARTS) is 2. The van der Waals surface area contributed by atoms with Crippen LogP contribution in [0.4, 0.5) is 18.9 Å². The van der Waals surface area contributed by atoms with Crippen LogP contribution in [0.3, 0.4) is 0 Å². The normalized spacial score (nSPS) is 19.6. The fourth-order valence-electron chi connectivity index (χ4n) is 3.79. The van der Waals surface area contributed by atoms with E-state index in [4.69, 9.17) is 15.0 Å². The fraction of sp³-hybridized carbons (Fsp3) is 0.409. The minimum Gasteiger partial charge on any atom is -0.481 e. The van der Waals surface area contributed by atoms with Crippen molar-refractivity contribution < 1.29 is 56.9 Å². The lowest BCUT2D eigenvalue weighted by Gasteiger charge is -2.27. The molecule has 1 saturated carbocycles. The van der Waals surface area contributed by atoms with Crippen molar-refractivity contribution in [3.63, 3.8) is 0 Å². The van der Waals surface area contributed by atoms with Gasteiger partial charge in [0.05, 0.1) is 23.1 Å². The molecule has 38 heavy (non-hydrogen) atoms. The Bertz CT molecular complexity index is 1230. The van der Waals surface area contributed by atoms with Crippen molar-refractivity contribution in [3.8, 4) is 0 Å². The molecule has 0 spiro atoms. The first-order chi connectivity index (χ1) is 17.7. The van der Waals surface area contributed by atoms with Crippen molar-refractivity contribution in [2.45, 2.75) is 37.9 Å². The molecule has 1 aromatic rings. The average molecular weight is 542 g/mol. The number of carbonyl (C=O) groups is 7. The summed E-state index contributed by atoms with van der Waals surface area (Å²) < 4.78 is 31.7. The number of aliphatic carboxylic acids is 2. The second-order valence-electron chi connectivity index (χ2n) is 8.69. The Labute approximate surface area is 211 Å². The van der Waals surface area contributed by atoms with Crippen LogP contribution in [0.5, 0.6) is 0 Å². The van der Waals surface area contributed by atoms with Crippen LogP contribution in [0.25, 0.3) is 0 Å². The topological polar surface area (TPSA) is 199 Å². The number of fused-ring (bicyclic) bond motifs is 1. The molecule has 13 nitrogen and oxygen atoms in total. The summed E-state index contributed by atoms with van der Waals surface area (Å²) in [5.41, 5.74) is -0.494. The summed E-state index contributed by atoms with van der Waals surface area (Å²) in [7, 11) is 0. The molecule has 5 N–H and O–H groups in total. The van der Waals surface area contributed by atoms with Gasteiger partial charge < -0.3 is 20.8 Å². The van der Waals surface area contributed by atoms with Gasteiger partial charge in [0.1, 0.15) is 6.04 Å². The van der Waals surface area contributed by atoms with Gasteiger partial charge in [-0.15, -0.1) is 0 Å². The van der Waals surface area contributed by atoms with E-state index >= 15 is 0 Å². The van der Waals surface area contributed by atoms with Crippen LogP contribution < -0.4 is 16.0 Å². The lowest BCUT2D eigenvalue weighted by Crippen LogP contribution is -2.54. The molecule has 2 fully saturated rings. The van der Waals surface area contributed by atoms with Crippen LogP contribution in [0.2, 0.25) is 0 Å². The van der Waals surface area contributed by atoms with E-state index in [1.165, 1.54) is 12.1 Å². The third kappa shape index (κ3) is 5.90. The summed E-state index contributed by atoms with van der Waals surface area (Å²) in [6, 6.07) is 3.45. The highest BCUT2D eigenvalue weighted by atomic mass is 19.4. The van der Waals surface area contributed by atoms with Crippen LogP contribution in [0.15, 0.2) is 18.2 Å². The van der Waals surface area contributed by atoms with Crippen LogP contribution >= 0.6 is 0 Å². The van der Waals surface area contributed by atoms with Crippen molar-refractivity contribution in [1.29, 1.82) is 0 Å². The van der Waals surface area contributed by atoms with Gasteiger partial charge in [0, 0.05) is 18.7 Å². The van der Waals surface area contributed by atoms with Crippen molar-refractivity contribution in [3.05, 3.63) is 29.3 Å². The van der Waals surface area contributed by atoms with Crippen molar-refractivity contribution in [2.24, 2.45) is 5.41 Å². The molecule has 3 aliphatic rings. The zero-order valence-corrected chi connectivity index (χ0v) is 19.4. The molecule has 2 heterocycles. The summed E-state index contributed by atoms with van der Waals surface area (Å²) in [4.78, 5) is 82.3. The molecule has 4 rings (SSSR count). The van der Waals surface area contributed by atoms with Gasteiger partial charge in [-0.2, -0.15) is 13.2 Å². The Balaban J connectivity index is 0.000000505. The number of imide groups is 2. The zero-order chi connectivity index (χ0) is 28.4. The van der Waals surface area contributed by atoms with E-state index in [2.05, 4.69) is 16.0 Å². The number of halogens is 3. The predicted octanol–water partition coefficient (Wildman–Crippen LogP) is 0.114. The third-order valence-corrected chi connectivity index (χ3v) is 6.08. The number of nitrogens with zero attached hydrogens (tertiary/aromatic N) is 1. The Morgan fingerprint density at radius 2 is 1.71 bits per heavy atom. The van der Waals surface area contributed by atoms with Gasteiger partial charge >= 0.3 is 18.1 Å². The molecule has 0 radical (unpaired) electrons. The zero-order valence-electron chi connectivity index (χ0n) is 19.4. The van der Waals surface area contributed by atoms with Gasteiger partial charge in [0.15, 0.2) is 0 Å². The number of hydrogen-bond donors (Lipinski definition) is 5. The predicted molar refractivity (Wildman–Crippen MR) is 118 cm³/mol. The number of nitrogens with one attached hydrogen (secondary N) is 3. The number of amides is 5. The monoisotopic (exact) mass is 542 g/mol. The van der Waals surface area contributed by atoms with Crippen LogP contribution in [-0.2, 0) is 24.0 Å². The second-order valence-corrected chi connectivity index (χ2v) is 8.69. The number of carboxylic acids is 2. The average Bonchev–Trinajstić information content (AvgIpc) is 3.59. The summed E-state index contributed by atoms with van der Waals surface area (Å²) in [5, 5.41) is 23.8. The molecule has 0 aromatic heterocycles. The molecule has 2 aliphatic heterocycles. The lowest BCUT2D eigenvalue weighted by atomic mass is 10.0. The van der Waals surface area contributed by atoms with E-state index in [-0.39, 0.29) is 42.7 Å². The molecule has 0 bridgehead atoms. The molecule has 204 valence electrons. The van der Waals surface area contributed by atoms with Crippen LogP contribution in [-0.4, -0.2) is 81.9 Å². The maximum atomic E-state index is 13.0. The van der Waals surface area contributed by atoms with E-state index < -0.39 is 59.1 Å². The van der Waals surface area contributed by atoms with Gasteiger partial charge in [0.2, 0.25) is 17.7 Å². The number of anilines is 1. The molecule has 1 aromatic carbocycles. The first-order valence-electron chi connectivity index (χ1n) is 11.1. The van der Waals surface area contributed by atoms with Gasteiger partial charge in [-0.3, -0.25) is 39.0 Å². The summed E-state index contributed by atoms with van der Waals surface area (Å²) >= 11 is 0. The van der Waals surface area contributed by atoms with E-state index in [0.29, 0.717) is 12.8 Å². The first kappa shape index (κ1) is 28.1. The Hall–Kier alpha value is -4.50. The molecular formula is C22H21F3N4O9. The fourth-order valence-corrected chi connectivity index (χ4v) is 3.79.